The fraction of sp³-hybridized carbons (Fsp3) is 0.280. The molecule has 0 radical (unpaired) electrons. The van der Waals surface area contributed by atoms with Gasteiger partial charge in [-0.2, -0.15) is 5.26 Å². The summed E-state index contributed by atoms with van der Waals surface area (Å²) in [6.07, 6.45) is 5.05. The van der Waals surface area contributed by atoms with Gasteiger partial charge < -0.3 is 5.32 Å². The zero-order valence-corrected chi connectivity index (χ0v) is 18.7. The van der Waals surface area contributed by atoms with Gasteiger partial charge in [-0.05, 0) is 37.5 Å². The molecule has 1 aliphatic rings. The number of halogens is 1. The summed E-state index contributed by atoms with van der Waals surface area (Å²) in [5.74, 6) is -0.763. The van der Waals surface area contributed by atoms with Crippen molar-refractivity contribution < 1.29 is 14.0 Å². The largest absolute Gasteiger partial charge is 0.310 e. The van der Waals surface area contributed by atoms with Gasteiger partial charge in [-0.1, -0.05) is 6.92 Å². The molecule has 4 aromatic heterocycles. The maximum atomic E-state index is 13.2. The van der Waals surface area contributed by atoms with Crippen LogP contribution in [0.2, 0.25) is 0 Å². The van der Waals surface area contributed by atoms with Crippen molar-refractivity contribution in [2.24, 2.45) is 5.92 Å². The molecule has 0 saturated heterocycles. The Labute approximate surface area is 194 Å². The van der Waals surface area contributed by atoms with E-state index in [0.29, 0.717) is 29.0 Å². The highest BCUT2D eigenvalue weighted by atomic mass is 19.1. The summed E-state index contributed by atoms with van der Waals surface area (Å²) >= 11 is 0. The highest BCUT2D eigenvalue weighted by Crippen LogP contribution is 2.35. The van der Waals surface area contributed by atoms with Crippen LogP contribution in [-0.4, -0.2) is 37.2 Å². The first-order valence-corrected chi connectivity index (χ1v) is 11.1. The summed E-state index contributed by atoms with van der Waals surface area (Å²) in [6, 6.07) is 7.47. The number of nitriles is 1. The number of carbonyl (C=O) groups is 2. The predicted molar refractivity (Wildman–Crippen MR) is 124 cm³/mol. The monoisotopic (exact) mass is 456 g/mol. The van der Waals surface area contributed by atoms with E-state index in [-0.39, 0.29) is 18.0 Å². The van der Waals surface area contributed by atoms with Crippen LogP contribution in [0.25, 0.3) is 27.7 Å². The molecule has 0 spiro atoms. The molecule has 1 fully saturated rings. The molecule has 1 aliphatic carbocycles. The van der Waals surface area contributed by atoms with E-state index in [4.69, 9.17) is 0 Å². The summed E-state index contributed by atoms with van der Waals surface area (Å²) in [5.41, 5.74) is 4.30. The third-order valence-electron chi connectivity index (χ3n) is 6.03. The zero-order valence-electron chi connectivity index (χ0n) is 18.7. The van der Waals surface area contributed by atoms with Crippen LogP contribution in [-0.2, 0) is 4.79 Å². The second kappa shape index (κ2) is 8.30. The molecule has 1 saturated carbocycles. The maximum absolute atomic E-state index is 13.2. The summed E-state index contributed by atoms with van der Waals surface area (Å²) < 4.78 is 14.9. The number of pyridine rings is 3. The van der Waals surface area contributed by atoms with Crippen LogP contribution in [0.3, 0.4) is 0 Å². The molecule has 0 unspecified atom stereocenters. The molecule has 5 rings (SSSR count). The highest BCUT2D eigenvalue weighted by molar-refractivity contribution is 5.98. The quantitative estimate of drug-likeness (QED) is 0.430. The van der Waals surface area contributed by atoms with Crippen molar-refractivity contribution in [1.82, 2.24) is 19.4 Å². The molecule has 1 amide bonds. The minimum atomic E-state index is -1.10. The number of carbonyl (C=O) groups excluding carboxylic acids is 2. The second-order valence-electron chi connectivity index (χ2n) is 8.51. The van der Waals surface area contributed by atoms with E-state index < -0.39 is 18.0 Å². The minimum absolute atomic E-state index is 0.00237. The average Bonchev–Trinajstić information content (AvgIpc) is 3.40. The number of ketones is 1. The number of aromatic nitrogens is 4. The van der Waals surface area contributed by atoms with Gasteiger partial charge in [0, 0.05) is 41.4 Å². The van der Waals surface area contributed by atoms with Crippen LogP contribution in [0.5, 0.6) is 0 Å². The normalized spacial score (nSPS) is 17.0. The van der Waals surface area contributed by atoms with Gasteiger partial charge in [0.25, 0.3) is 0 Å². The molecule has 9 heteroatoms. The van der Waals surface area contributed by atoms with E-state index in [1.165, 1.54) is 6.20 Å². The first-order chi connectivity index (χ1) is 16.4. The van der Waals surface area contributed by atoms with Gasteiger partial charge in [0.1, 0.15) is 35.1 Å². The Morgan fingerprint density at radius 3 is 2.65 bits per heavy atom. The third-order valence-corrected chi connectivity index (χ3v) is 6.03. The lowest BCUT2D eigenvalue weighted by Gasteiger charge is -2.13. The van der Waals surface area contributed by atoms with Gasteiger partial charge in [-0.3, -0.25) is 19.0 Å². The molecule has 2 atom stereocenters. The van der Waals surface area contributed by atoms with Crippen LogP contribution in [0.4, 0.5) is 10.2 Å². The molecular formula is C25H21FN6O2. The number of amides is 1. The second-order valence-corrected chi connectivity index (χ2v) is 8.51. The van der Waals surface area contributed by atoms with Gasteiger partial charge in [-0.15, -0.1) is 0 Å². The number of rotatable bonds is 6. The predicted octanol–water partition coefficient (Wildman–Crippen LogP) is 4.40. The number of nitrogens with zero attached hydrogens (tertiary/aromatic N) is 5. The van der Waals surface area contributed by atoms with Crippen molar-refractivity contribution in [2.75, 3.05) is 5.32 Å². The molecule has 0 bridgehead atoms. The number of anilines is 1. The van der Waals surface area contributed by atoms with Crippen molar-refractivity contribution in [1.29, 1.82) is 5.26 Å². The van der Waals surface area contributed by atoms with E-state index in [0.717, 1.165) is 28.5 Å². The molecule has 4 aromatic rings. The average molecular weight is 456 g/mol. The Bertz CT molecular complexity index is 1520. The van der Waals surface area contributed by atoms with E-state index in [1.54, 1.807) is 28.9 Å². The Morgan fingerprint density at radius 1 is 1.18 bits per heavy atom. The SMILES string of the molecule is CCCC(=O)c1cc(C)c(-c2cc3cnc(NC(=O)[C@H]4C[C@H]4F)cc3n3c(C#N)cnc23)cn1. The number of aryl methyl sites for hydroxylation is 1. The number of nitrogens with one attached hydrogen (secondary N) is 1. The van der Waals surface area contributed by atoms with Gasteiger partial charge in [-0.25, -0.2) is 14.4 Å². The molecule has 8 nitrogen and oxygen atoms in total. The topological polar surface area (TPSA) is 113 Å². The first kappa shape index (κ1) is 21.6. The number of alkyl halides is 1. The summed E-state index contributed by atoms with van der Waals surface area (Å²) in [6.45, 7) is 3.85. The van der Waals surface area contributed by atoms with Gasteiger partial charge in [0.15, 0.2) is 5.78 Å². The van der Waals surface area contributed by atoms with Crippen molar-refractivity contribution in [3.63, 3.8) is 0 Å². The molecule has 1 N–H and O–H groups in total. The van der Waals surface area contributed by atoms with E-state index >= 15 is 0 Å². The molecule has 4 heterocycles. The highest BCUT2D eigenvalue weighted by Gasteiger charge is 2.43. The molecule has 34 heavy (non-hydrogen) atoms. The summed E-state index contributed by atoms with van der Waals surface area (Å²) in [7, 11) is 0. The first-order valence-electron chi connectivity index (χ1n) is 11.1. The third kappa shape index (κ3) is 3.67. The van der Waals surface area contributed by atoms with Crippen molar-refractivity contribution in [3.8, 4) is 17.2 Å². The molecule has 0 aliphatic heterocycles. The minimum Gasteiger partial charge on any atom is -0.310 e. The summed E-state index contributed by atoms with van der Waals surface area (Å²) in [5, 5.41) is 13.1. The lowest BCUT2D eigenvalue weighted by Crippen LogP contribution is -2.16. The number of fused-ring (bicyclic) bond motifs is 3. The lowest BCUT2D eigenvalue weighted by molar-refractivity contribution is -0.117. The standard InChI is InChI=1S/C25H21FN6O2/c1-3-4-22(33)20-5-13(2)18(12-28-20)16-6-14-10-29-23(31-25(34)17-7-19(17)26)8-21(14)32-15(9-27)11-30-24(16)32/h5-6,8,10-12,17,19H,3-4,7H2,1-2H3,(H,29,31,34)/t17-,19+/m0/s1. The number of imidazole rings is 1. The van der Waals surface area contributed by atoms with E-state index in [2.05, 4.69) is 26.3 Å². The van der Waals surface area contributed by atoms with E-state index in [1.807, 2.05) is 19.9 Å². The molecule has 0 aromatic carbocycles. The van der Waals surface area contributed by atoms with Crippen molar-refractivity contribution >= 4 is 34.1 Å². The Balaban J connectivity index is 1.63. The Hall–Kier alpha value is -4.19. The van der Waals surface area contributed by atoms with E-state index in [9.17, 15) is 19.2 Å². The molecular weight excluding hydrogens is 435 g/mol. The van der Waals surface area contributed by atoms with Crippen LogP contribution in [0.15, 0.2) is 36.8 Å². The van der Waals surface area contributed by atoms with Gasteiger partial charge >= 0.3 is 0 Å². The Morgan fingerprint density at radius 2 is 1.97 bits per heavy atom. The fourth-order valence-electron chi connectivity index (χ4n) is 4.11. The number of hydrogen-bond acceptors (Lipinski definition) is 6. The lowest BCUT2D eigenvalue weighted by atomic mass is 10.0. The molecule has 170 valence electrons. The number of hydrogen-bond donors (Lipinski definition) is 1. The zero-order chi connectivity index (χ0) is 24.0. The smallest absolute Gasteiger partial charge is 0.231 e. The number of Topliss-reactive ketones (excluding diaryl/α,β-unsaturated/α-hetero) is 1. The Kier molecular flexibility index (Phi) is 5.28. The fourth-order valence-corrected chi connectivity index (χ4v) is 4.11. The van der Waals surface area contributed by atoms with Crippen LogP contribution < -0.4 is 5.32 Å². The van der Waals surface area contributed by atoms with Crippen LogP contribution >= 0.6 is 0 Å². The van der Waals surface area contributed by atoms with Gasteiger partial charge in [0.2, 0.25) is 5.91 Å². The van der Waals surface area contributed by atoms with Gasteiger partial charge in [0.05, 0.1) is 17.6 Å². The maximum Gasteiger partial charge on any atom is 0.231 e. The van der Waals surface area contributed by atoms with Crippen molar-refractivity contribution in [3.05, 3.63) is 53.7 Å². The van der Waals surface area contributed by atoms with Crippen molar-refractivity contribution in [2.45, 2.75) is 39.3 Å². The summed E-state index contributed by atoms with van der Waals surface area (Å²) in [4.78, 5) is 37.6. The van der Waals surface area contributed by atoms with Crippen LogP contribution in [0, 0.1) is 24.2 Å². The van der Waals surface area contributed by atoms with Crippen LogP contribution in [0.1, 0.15) is 47.9 Å².